The Labute approximate surface area is 139 Å². The van der Waals surface area contributed by atoms with E-state index in [1.54, 1.807) is 25.6 Å². The topological polar surface area (TPSA) is 81.9 Å². The number of rotatable bonds is 6. The lowest BCUT2D eigenvalue weighted by molar-refractivity contribution is 0.0527. The second-order valence-electron chi connectivity index (χ2n) is 5.57. The summed E-state index contributed by atoms with van der Waals surface area (Å²) in [5.74, 6) is 0.162. The third-order valence-electron chi connectivity index (χ3n) is 3.87. The Morgan fingerprint density at radius 2 is 2.35 bits per heavy atom. The third kappa shape index (κ3) is 3.79. The smallest absolute Gasteiger partial charge is 0.341 e. The van der Waals surface area contributed by atoms with Crippen molar-refractivity contribution in [3.8, 4) is 0 Å². The molecule has 0 radical (unpaired) electrons. The van der Waals surface area contributed by atoms with Crippen molar-refractivity contribution >= 4 is 23.3 Å². The number of carbonyl (C=O) groups is 1. The molecule has 1 aliphatic carbocycles. The van der Waals surface area contributed by atoms with Gasteiger partial charge >= 0.3 is 5.97 Å². The molecular weight excluding hydrogens is 318 g/mol. The molecule has 23 heavy (non-hydrogen) atoms. The average Bonchev–Trinajstić information content (AvgIpc) is 2.98. The summed E-state index contributed by atoms with van der Waals surface area (Å²) in [7, 11) is 0. The number of nitrogens with one attached hydrogen (secondary N) is 1. The van der Waals surface area contributed by atoms with Gasteiger partial charge in [-0.05, 0) is 31.7 Å². The van der Waals surface area contributed by atoms with E-state index in [9.17, 15) is 4.79 Å². The van der Waals surface area contributed by atoms with Crippen LogP contribution in [0, 0.1) is 5.92 Å². The quantitative estimate of drug-likeness (QED) is 0.644. The SMILES string of the molecule is CCOC(=O)c1cnc(Cl)cc1N[C@H]1C[C@H](Cn2cncn2)C1. The van der Waals surface area contributed by atoms with E-state index < -0.39 is 5.97 Å². The van der Waals surface area contributed by atoms with Gasteiger partial charge in [0, 0.05) is 18.8 Å². The van der Waals surface area contributed by atoms with Gasteiger partial charge in [-0.25, -0.2) is 14.8 Å². The van der Waals surface area contributed by atoms with Gasteiger partial charge in [-0.1, -0.05) is 11.6 Å². The van der Waals surface area contributed by atoms with Crippen molar-refractivity contribution in [1.29, 1.82) is 0 Å². The molecule has 0 aliphatic heterocycles. The fourth-order valence-corrected chi connectivity index (χ4v) is 2.89. The van der Waals surface area contributed by atoms with Crippen molar-refractivity contribution < 1.29 is 9.53 Å². The molecule has 0 saturated heterocycles. The Morgan fingerprint density at radius 3 is 3.04 bits per heavy atom. The monoisotopic (exact) mass is 335 g/mol. The first kappa shape index (κ1) is 15.7. The number of ether oxygens (including phenoxy) is 1. The van der Waals surface area contributed by atoms with Gasteiger partial charge in [0.05, 0.1) is 12.3 Å². The second kappa shape index (κ2) is 6.95. The number of pyridine rings is 1. The summed E-state index contributed by atoms with van der Waals surface area (Å²) in [6.07, 6.45) is 6.72. The molecule has 0 bridgehead atoms. The maximum Gasteiger partial charge on any atom is 0.341 e. The molecule has 1 N–H and O–H groups in total. The molecule has 1 fully saturated rings. The Kier molecular flexibility index (Phi) is 4.76. The molecule has 2 heterocycles. The zero-order valence-corrected chi connectivity index (χ0v) is 13.5. The van der Waals surface area contributed by atoms with Crippen LogP contribution in [0.1, 0.15) is 30.1 Å². The van der Waals surface area contributed by atoms with Crippen molar-refractivity contribution in [1.82, 2.24) is 19.7 Å². The van der Waals surface area contributed by atoms with Crippen LogP contribution in [-0.2, 0) is 11.3 Å². The second-order valence-corrected chi connectivity index (χ2v) is 5.96. The number of carbonyl (C=O) groups excluding carboxylic acids is 1. The van der Waals surface area contributed by atoms with E-state index >= 15 is 0 Å². The molecule has 3 rings (SSSR count). The Balaban J connectivity index is 1.60. The lowest BCUT2D eigenvalue weighted by Crippen LogP contribution is -2.38. The fourth-order valence-electron chi connectivity index (χ4n) is 2.73. The molecule has 0 unspecified atom stereocenters. The van der Waals surface area contributed by atoms with Gasteiger partial charge in [-0.2, -0.15) is 5.10 Å². The molecule has 8 heteroatoms. The normalized spacial score (nSPS) is 19.9. The minimum Gasteiger partial charge on any atom is -0.462 e. The fraction of sp³-hybridized carbons (Fsp3) is 0.467. The minimum absolute atomic E-state index is 0.301. The Morgan fingerprint density at radius 1 is 1.52 bits per heavy atom. The lowest BCUT2D eigenvalue weighted by atomic mass is 9.80. The largest absolute Gasteiger partial charge is 0.462 e. The van der Waals surface area contributed by atoms with Crippen LogP contribution >= 0.6 is 11.6 Å². The molecule has 122 valence electrons. The highest BCUT2D eigenvalue weighted by Crippen LogP contribution is 2.32. The lowest BCUT2D eigenvalue weighted by Gasteiger charge is -2.36. The van der Waals surface area contributed by atoms with Crippen molar-refractivity contribution in [3.63, 3.8) is 0 Å². The Bertz CT molecular complexity index is 671. The van der Waals surface area contributed by atoms with Gasteiger partial charge in [0.25, 0.3) is 0 Å². The number of aromatic nitrogens is 4. The summed E-state index contributed by atoms with van der Waals surface area (Å²) in [5.41, 5.74) is 1.09. The van der Waals surface area contributed by atoms with Crippen molar-refractivity contribution in [2.45, 2.75) is 32.4 Å². The van der Waals surface area contributed by atoms with Crippen LogP contribution < -0.4 is 5.32 Å². The molecule has 0 aromatic carbocycles. The summed E-state index contributed by atoms with van der Waals surface area (Å²) in [6.45, 7) is 2.96. The van der Waals surface area contributed by atoms with E-state index in [1.807, 2.05) is 4.68 Å². The Hall–Kier alpha value is -2.15. The summed E-state index contributed by atoms with van der Waals surface area (Å²) in [4.78, 5) is 19.9. The van der Waals surface area contributed by atoms with Crippen LogP contribution in [0.3, 0.4) is 0 Å². The molecule has 1 aliphatic rings. The van der Waals surface area contributed by atoms with E-state index in [2.05, 4.69) is 20.4 Å². The number of hydrogen-bond acceptors (Lipinski definition) is 6. The summed E-state index contributed by atoms with van der Waals surface area (Å²) < 4.78 is 6.89. The molecule has 7 nitrogen and oxygen atoms in total. The van der Waals surface area contributed by atoms with E-state index in [0.29, 0.717) is 35.0 Å². The van der Waals surface area contributed by atoms with Crippen LogP contribution in [-0.4, -0.2) is 38.4 Å². The summed E-state index contributed by atoms with van der Waals surface area (Å²) in [5, 5.41) is 7.83. The van der Waals surface area contributed by atoms with Crippen LogP contribution in [0.25, 0.3) is 0 Å². The molecule has 0 amide bonds. The zero-order valence-electron chi connectivity index (χ0n) is 12.8. The van der Waals surface area contributed by atoms with Crippen molar-refractivity contribution in [2.24, 2.45) is 5.92 Å². The number of nitrogens with zero attached hydrogens (tertiary/aromatic N) is 4. The van der Waals surface area contributed by atoms with Gasteiger partial charge < -0.3 is 10.1 Å². The molecular formula is C15H18ClN5O2. The highest BCUT2D eigenvalue weighted by Gasteiger charge is 2.30. The number of anilines is 1. The van der Waals surface area contributed by atoms with E-state index in [4.69, 9.17) is 16.3 Å². The first-order valence-corrected chi connectivity index (χ1v) is 7.95. The van der Waals surface area contributed by atoms with Crippen molar-refractivity contribution in [3.05, 3.63) is 35.6 Å². The molecule has 2 aromatic rings. The maximum atomic E-state index is 12.0. The first-order valence-electron chi connectivity index (χ1n) is 7.57. The highest BCUT2D eigenvalue weighted by molar-refractivity contribution is 6.29. The molecule has 1 saturated carbocycles. The predicted octanol–water partition coefficient (Wildman–Crippen LogP) is 2.39. The predicted molar refractivity (Wildman–Crippen MR) is 85.4 cm³/mol. The molecule has 0 atom stereocenters. The number of esters is 1. The third-order valence-corrected chi connectivity index (χ3v) is 4.08. The van der Waals surface area contributed by atoms with Gasteiger partial charge in [0.15, 0.2) is 0 Å². The summed E-state index contributed by atoms with van der Waals surface area (Å²) in [6, 6.07) is 1.97. The average molecular weight is 336 g/mol. The van der Waals surface area contributed by atoms with Gasteiger partial charge in [0.1, 0.15) is 23.4 Å². The van der Waals surface area contributed by atoms with Gasteiger partial charge in [-0.3, -0.25) is 4.68 Å². The van der Waals surface area contributed by atoms with Gasteiger partial charge in [-0.15, -0.1) is 0 Å². The first-order chi connectivity index (χ1) is 11.2. The standard InChI is InChI=1S/C15H18ClN5O2/c1-2-23-15(22)12-6-18-14(16)5-13(12)20-11-3-10(4-11)7-21-9-17-8-19-21/h5-6,8-11H,2-4,7H2,1H3,(H,18,20)/t10-,11-. The zero-order chi connectivity index (χ0) is 16.2. The number of hydrogen-bond donors (Lipinski definition) is 1. The van der Waals surface area contributed by atoms with E-state index in [1.165, 1.54) is 6.20 Å². The summed E-state index contributed by atoms with van der Waals surface area (Å²) >= 11 is 5.94. The van der Waals surface area contributed by atoms with Crippen LogP contribution in [0.5, 0.6) is 0 Å². The van der Waals surface area contributed by atoms with Crippen LogP contribution in [0.4, 0.5) is 5.69 Å². The number of halogens is 1. The maximum absolute atomic E-state index is 12.0. The minimum atomic E-state index is -0.391. The van der Waals surface area contributed by atoms with Crippen LogP contribution in [0.15, 0.2) is 24.9 Å². The van der Waals surface area contributed by atoms with E-state index in [-0.39, 0.29) is 0 Å². The molecule has 2 aromatic heterocycles. The van der Waals surface area contributed by atoms with Gasteiger partial charge in [0.2, 0.25) is 0 Å². The van der Waals surface area contributed by atoms with Crippen LogP contribution in [0.2, 0.25) is 5.15 Å². The van der Waals surface area contributed by atoms with Crippen molar-refractivity contribution in [2.75, 3.05) is 11.9 Å². The highest BCUT2D eigenvalue weighted by atomic mass is 35.5. The van der Waals surface area contributed by atoms with E-state index in [0.717, 1.165) is 19.4 Å². The molecule has 0 spiro atoms.